The summed E-state index contributed by atoms with van der Waals surface area (Å²) < 4.78 is 0. The quantitative estimate of drug-likeness (QED) is 0.827. The number of rotatable bonds is 2. The average Bonchev–Trinajstić information content (AvgIpc) is 2.30. The van der Waals surface area contributed by atoms with Crippen molar-refractivity contribution in [1.29, 1.82) is 0 Å². The summed E-state index contributed by atoms with van der Waals surface area (Å²) in [5.41, 5.74) is 1.89. The van der Waals surface area contributed by atoms with Crippen LogP contribution in [0.5, 0.6) is 0 Å². The highest BCUT2D eigenvalue weighted by Gasteiger charge is 2.13. The van der Waals surface area contributed by atoms with Crippen molar-refractivity contribution in [2.24, 2.45) is 0 Å². The topological polar surface area (TPSA) is 70.2 Å². The van der Waals surface area contributed by atoms with Gasteiger partial charge in [-0.1, -0.05) is 24.3 Å². The van der Waals surface area contributed by atoms with Gasteiger partial charge in [0.2, 0.25) is 5.56 Å². The molecule has 0 saturated heterocycles. The van der Waals surface area contributed by atoms with Gasteiger partial charge < -0.3 is 10.1 Å². The Hall–Kier alpha value is -2.36. The molecule has 2 rings (SSSR count). The van der Waals surface area contributed by atoms with Crippen LogP contribution in [0.15, 0.2) is 41.3 Å². The molecule has 0 aliphatic rings. The predicted octanol–water partition coefficient (Wildman–Crippen LogP) is 2.05. The molecular weight excluding hydrogens is 218 g/mol. The van der Waals surface area contributed by atoms with E-state index in [0.717, 1.165) is 17.2 Å². The van der Waals surface area contributed by atoms with Crippen LogP contribution in [-0.4, -0.2) is 16.1 Å². The molecule has 2 N–H and O–H groups in total. The number of pyridine rings is 1. The third-order valence-corrected chi connectivity index (χ3v) is 2.59. The van der Waals surface area contributed by atoms with Crippen LogP contribution in [0.2, 0.25) is 0 Å². The second kappa shape index (κ2) is 4.25. The van der Waals surface area contributed by atoms with E-state index < -0.39 is 11.5 Å². The Morgan fingerprint density at radius 3 is 2.59 bits per heavy atom. The molecule has 2 aromatic rings. The first-order chi connectivity index (χ1) is 8.09. The number of hydrogen-bond acceptors (Lipinski definition) is 2. The highest BCUT2D eigenvalue weighted by atomic mass is 16.4. The van der Waals surface area contributed by atoms with E-state index in [0.29, 0.717) is 5.56 Å². The van der Waals surface area contributed by atoms with Crippen molar-refractivity contribution < 1.29 is 9.90 Å². The standard InChI is InChI=1S/C13H11NO3/c1-8-4-2-3-5-9(8)11-7-14-12(15)6-10(11)13(16)17/h2-7H,1H3,(H,14,15)(H,16,17). The first kappa shape index (κ1) is 11.1. The monoisotopic (exact) mass is 229 g/mol. The number of benzene rings is 1. The molecule has 0 spiro atoms. The van der Waals surface area contributed by atoms with Gasteiger partial charge in [0, 0.05) is 17.8 Å². The Labute approximate surface area is 97.6 Å². The third-order valence-electron chi connectivity index (χ3n) is 2.59. The Balaban J connectivity index is 2.72. The molecule has 0 radical (unpaired) electrons. The molecule has 1 aromatic carbocycles. The minimum absolute atomic E-state index is 0.0167. The smallest absolute Gasteiger partial charge is 0.336 e. The van der Waals surface area contributed by atoms with Gasteiger partial charge in [0.1, 0.15) is 0 Å². The molecule has 0 unspecified atom stereocenters. The van der Waals surface area contributed by atoms with Gasteiger partial charge in [0.05, 0.1) is 5.56 Å². The summed E-state index contributed by atoms with van der Waals surface area (Å²) in [7, 11) is 0. The molecule has 1 aromatic heterocycles. The number of aryl methyl sites for hydroxylation is 1. The van der Waals surface area contributed by atoms with Gasteiger partial charge in [-0.2, -0.15) is 0 Å². The van der Waals surface area contributed by atoms with Crippen molar-refractivity contribution in [3.05, 3.63) is 58.0 Å². The van der Waals surface area contributed by atoms with E-state index >= 15 is 0 Å². The zero-order valence-corrected chi connectivity index (χ0v) is 9.23. The lowest BCUT2D eigenvalue weighted by Gasteiger charge is -2.08. The summed E-state index contributed by atoms with van der Waals surface area (Å²) in [4.78, 5) is 24.8. The van der Waals surface area contributed by atoms with E-state index in [-0.39, 0.29) is 5.56 Å². The maximum absolute atomic E-state index is 11.1. The minimum Gasteiger partial charge on any atom is -0.478 e. The number of aromatic amines is 1. The molecule has 0 saturated carbocycles. The summed E-state index contributed by atoms with van der Waals surface area (Å²) in [6.45, 7) is 1.89. The minimum atomic E-state index is -1.10. The Morgan fingerprint density at radius 1 is 1.24 bits per heavy atom. The molecular formula is C13H11NO3. The molecule has 17 heavy (non-hydrogen) atoms. The van der Waals surface area contributed by atoms with Crippen LogP contribution in [0.25, 0.3) is 11.1 Å². The summed E-state index contributed by atoms with van der Waals surface area (Å²) in [6.07, 6.45) is 1.44. The van der Waals surface area contributed by atoms with Crippen molar-refractivity contribution in [2.75, 3.05) is 0 Å². The Kier molecular flexibility index (Phi) is 2.78. The third kappa shape index (κ3) is 2.10. The number of aromatic carboxylic acids is 1. The van der Waals surface area contributed by atoms with E-state index in [1.165, 1.54) is 6.20 Å². The Morgan fingerprint density at radius 2 is 1.94 bits per heavy atom. The van der Waals surface area contributed by atoms with Crippen LogP contribution in [0.1, 0.15) is 15.9 Å². The summed E-state index contributed by atoms with van der Waals surface area (Å²) in [5.74, 6) is -1.10. The predicted molar refractivity (Wildman–Crippen MR) is 64.2 cm³/mol. The fourth-order valence-corrected chi connectivity index (χ4v) is 1.75. The maximum atomic E-state index is 11.1. The normalized spacial score (nSPS) is 10.2. The SMILES string of the molecule is Cc1ccccc1-c1c[nH]c(=O)cc1C(=O)O. The average molecular weight is 229 g/mol. The van der Waals surface area contributed by atoms with E-state index in [2.05, 4.69) is 4.98 Å². The first-order valence-corrected chi connectivity index (χ1v) is 5.11. The molecule has 0 amide bonds. The fourth-order valence-electron chi connectivity index (χ4n) is 1.75. The zero-order valence-electron chi connectivity index (χ0n) is 9.23. The number of nitrogens with one attached hydrogen (secondary N) is 1. The second-order valence-corrected chi connectivity index (χ2v) is 3.74. The lowest BCUT2D eigenvalue weighted by molar-refractivity contribution is 0.0697. The molecule has 4 heteroatoms. The lowest BCUT2D eigenvalue weighted by Crippen LogP contribution is -2.10. The van der Waals surface area contributed by atoms with Gasteiger partial charge in [-0.15, -0.1) is 0 Å². The molecule has 0 aliphatic heterocycles. The first-order valence-electron chi connectivity index (χ1n) is 5.11. The summed E-state index contributed by atoms with van der Waals surface area (Å²) >= 11 is 0. The van der Waals surface area contributed by atoms with Crippen molar-refractivity contribution in [2.45, 2.75) is 6.92 Å². The van der Waals surface area contributed by atoms with Crippen LogP contribution in [0, 0.1) is 6.92 Å². The maximum Gasteiger partial charge on any atom is 0.336 e. The summed E-state index contributed by atoms with van der Waals surface area (Å²) in [6, 6.07) is 8.54. The van der Waals surface area contributed by atoms with E-state index in [1.807, 2.05) is 31.2 Å². The molecule has 86 valence electrons. The van der Waals surface area contributed by atoms with Gasteiger partial charge in [0.15, 0.2) is 0 Å². The number of H-pyrrole nitrogens is 1. The molecule has 0 bridgehead atoms. The van der Waals surface area contributed by atoms with Gasteiger partial charge in [-0.25, -0.2) is 4.79 Å². The van der Waals surface area contributed by atoms with E-state index in [9.17, 15) is 9.59 Å². The van der Waals surface area contributed by atoms with Crippen molar-refractivity contribution in [3.63, 3.8) is 0 Å². The molecule has 0 atom stereocenters. The number of carbonyl (C=O) groups is 1. The van der Waals surface area contributed by atoms with Crippen LogP contribution in [-0.2, 0) is 0 Å². The molecule has 4 nitrogen and oxygen atoms in total. The van der Waals surface area contributed by atoms with Gasteiger partial charge in [-0.05, 0) is 18.1 Å². The van der Waals surface area contributed by atoms with Gasteiger partial charge >= 0.3 is 5.97 Å². The van der Waals surface area contributed by atoms with Crippen LogP contribution >= 0.6 is 0 Å². The van der Waals surface area contributed by atoms with Crippen LogP contribution < -0.4 is 5.56 Å². The second-order valence-electron chi connectivity index (χ2n) is 3.74. The van der Waals surface area contributed by atoms with E-state index in [4.69, 9.17) is 5.11 Å². The van der Waals surface area contributed by atoms with E-state index in [1.54, 1.807) is 0 Å². The number of aromatic nitrogens is 1. The van der Waals surface area contributed by atoms with Crippen LogP contribution in [0.4, 0.5) is 0 Å². The lowest BCUT2D eigenvalue weighted by atomic mass is 9.98. The van der Waals surface area contributed by atoms with Gasteiger partial charge in [-0.3, -0.25) is 4.79 Å². The Bertz CT molecular complexity index is 629. The fraction of sp³-hybridized carbons (Fsp3) is 0.0769. The van der Waals surface area contributed by atoms with Crippen molar-refractivity contribution in [1.82, 2.24) is 4.98 Å². The van der Waals surface area contributed by atoms with Gasteiger partial charge in [0.25, 0.3) is 0 Å². The van der Waals surface area contributed by atoms with Crippen molar-refractivity contribution >= 4 is 5.97 Å². The molecule has 1 heterocycles. The number of carboxylic acid groups (broad SMARTS) is 1. The number of hydrogen-bond donors (Lipinski definition) is 2. The molecule has 0 aliphatic carbocycles. The zero-order chi connectivity index (χ0) is 12.4. The van der Waals surface area contributed by atoms with Crippen LogP contribution in [0.3, 0.4) is 0 Å². The highest BCUT2D eigenvalue weighted by Crippen LogP contribution is 2.24. The summed E-state index contributed by atoms with van der Waals surface area (Å²) in [5, 5.41) is 9.09. The van der Waals surface area contributed by atoms with Crippen molar-refractivity contribution in [3.8, 4) is 11.1 Å². The highest BCUT2D eigenvalue weighted by molar-refractivity contribution is 5.96. The largest absolute Gasteiger partial charge is 0.478 e. The molecule has 0 fully saturated rings. The number of carboxylic acids is 1.